The molecule has 2 N–H and O–H groups in total. The minimum absolute atomic E-state index is 0.216. The minimum Gasteiger partial charge on any atom is -0.493 e. The van der Waals surface area contributed by atoms with E-state index in [0.717, 1.165) is 11.6 Å². The van der Waals surface area contributed by atoms with Crippen LogP contribution in [0.3, 0.4) is 0 Å². The third-order valence-electron chi connectivity index (χ3n) is 7.07. The van der Waals surface area contributed by atoms with E-state index in [4.69, 9.17) is 9.84 Å². The van der Waals surface area contributed by atoms with Gasteiger partial charge in [-0.25, -0.2) is 13.2 Å². The number of hydrogen-bond acceptors (Lipinski definition) is 6. The van der Waals surface area contributed by atoms with Crippen LogP contribution in [0.25, 0.3) is 0 Å². The van der Waals surface area contributed by atoms with Gasteiger partial charge in [0.25, 0.3) is 0 Å². The summed E-state index contributed by atoms with van der Waals surface area (Å²) in [5, 5.41) is 20.7. The van der Waals surface area contributed by atoms with Gasteiger partial charge < -0.3 is 15.2 Å². The maximum Gasteiger partial charge on any atom is 0.327 e. The summed E-state index contributed by atoms with van der Waals surface area (Å²) in [5.74, 6) is -1.03. The Morgan fingerprint density at radius 3 is 2.74 bits per heavy atom. The van der Waals surface area contributed by atoms with E-state index in [1.807, 2.05) is 0 Å². The number of rotatable bonds is 7. The lowest BCUT2D eigenvalue weighted by Gasteiger charge is -2.27. The molecule has 8 nitrogen and oxygen atoms in total. The number of carboxylic acid groups (broad SMARTS) is 1. The number of sulfone groups is 1. The molecule has 180 valence electrons. The van der Waals surface area contributed by atoms with Crippen LogP contribution in [-0.2, 0) is 31.3 Å². The second-order valence-corrected chi connectivity index (χ2v) is 11.6. The highest BCUT2D eigenvalue weighted by Gasteiger charge is 2.61. The first kappa shape index (κ1) is 23.1. The number of ether oxygens (including phenoxy) is 1. The Labute approximate surface area is 203 Å². The summed E-state index contributed by atoms with van der Waals surface area (Å²) < 4.78 is 31.4. The Morgan fingerprint density at radius 1 is 1.23 bits per heavy atom. The number of carbonyl (C=O) groups excluding carboxylic acids is 1. The molecule has 0 unspecified atom stereocenters. The van der Waals surface area contributed by atoms with E-state index in [-0.39, 0.29) is 28.4 Å². The lowest BCUT2D eigenvalue weighted by molar-refractivity contribution is -0.131. The highest BCUT2D eigenvalue weighted by molar-refractivity contribution is 7.92. The van der Waals surface area contributed by atoms with Gasteiger partial charge in [-0.05, 0) is 68.0 Å². The van der Waals surface area contributed by atoms with Crippen LogP contribution in [0.4, 0.5) is 5.69 Å². The van der Waals surface area contributed by atoms with Gasteiger partial charge in [0.05, 0.1) is 28.4 Å². The van der Waals surface area contributed by atoms with Gasteiger partial charge in [0, 0.05) is 28.7 Å². The number of amides is 1. The number of allylic oxidation sites excluding steroid dienone is 1. The zero-order valence-corrected chi connectivity index (χ0v) is 19.7. The topological polar surface area (TPSA) is 134 Å². The van der Waals surface area contributed by atoms with E-state index in [0.29, 0.717) is 54.9 Å². The molecular formula is C26H24N2O6S. The first-order valence-electron chi connectivity index (χ1n) is 11.5. The van der Waals surface area contributed by atoms with Crippen molar-refractivity contribution in [1.29, 1.82) is 5.26 Å². The van der Waals surface area contributed by atoms with Crippen molar-refractivity contribution in [3.05, 3.63) is 65.2 Å². The summed E-state index contributed by atoms with van der Waals surface area (Å²) >= 11 is 0. The summed E-state index contributed by atoms with van der Waals surface area (Å²) in [6.45, 7) is 0.445. The highest BCUT2D eigenvalue weighted by atomic mass is 32.2. The molecule has 2 saturated carbocycles. The summed E-state index contributed by atoms with van der Waals surface area (Å²) in [6.07, 6.45) is 5.34. The largest absolute Gasteiger partial charge is 0.493 e. The molecule has 2 atom stereocenters. The zero-order chi connectivity index (χ0) is 24.8. The Kier molecular flexibility index (Phi) is 5.64. The summed E-state index contributed by atoms with van der Waals surface area (Å²) in [7, 11) is -3.37. The average Bonchev–Trinajstić information content (AvgIpc) is 3.75. The van der Waals surface area contributed by atoms with Crippen molar-refractivity contribution in [2.45, 2.75) is 47.7 Å². The van der Waals surface area contributed by atoms with Crippen molar-refractivity contribution in [3.8, 4) is 11.8 Å². The van der Waals surface area contributed by atoms with E-state index in [1.165, 1.54) is 6.08 Å². The van der Waals surface area contributed by atoms with Crippen molar-refractivity contribution in [1.82, 2.24) is 0 Å². The van der Waals surface area contributed by atoms with Gasteiger partial charge in [-0.2, -0.15) is 5.26 Å². The summed E-state index contributed by atoms with van der Waals surface area (Å²) in [6, 6.07) is 11.9. The molecule has 2 aromatic carbocycles. The Morgan fingerprint density at radius 2 is 2.03 bits per heavy atom. The van der Waals surface area contributed by atoms with E-state index in [9.17, 15) is 23.3 Å². The number of nitriles is 1. The molecule has 35 heavy (non-hydrogen) atoms. The van der Waals surface area contributed by atoms with Gasteiger partial charge in [-0.15, -0.1) is 0 Å². The molecule has 5 rings (SSSR count). The molecular weight excluding hydrogens is 468 g/mol. The van der Waals surface area contributed by atoms with Gasteiger partial charge in [-0.1, -0.05) is 12.1 Å². The Hall–Kier alpha value is -3.64. The number of hydrogen-bond donors (Lipinski definition) is 2. The van der Waals surface area contributed by atoms with Crippen molar-refractivity contribution >= 4 is 27.4 Å². The van der Waals surface area contributed by atoms with Crippen LogP contribution < -0.4 is 10.1 Å². The monoisotopic (exact) mass is 492 g/mol. The minimum atomic E-state index is -3.37. The number of carbonyl (C=O) groups is 2. The van der Waals surface area contributed by atoms with Crippen molar-refractivity contribution in [3.63, 3.8) is 0 Å². The van der Waals surface area contributed by atoms with Crippen molar-refractivity contribution < 1.29 is 27.9 Å². The SMILES string of the molecule is N#Cc1ccc(CC=CC(=O)O)c(NC(=O)[C@@H]2C[C@]23CCOc2ccc(S(=O)(=O)C4CC4)cc23)c1. The number of anilines is 1. The molecule has 1 amide bonds. The van der Waals surface area contributed by atoms with E-state index in [2.05, 4.69) is 11.4 Å². The fourth-order valence-electron chi connectivity index (χ4n) is 4.92. The van der Waals surface area contributed by atoms with Crippen molar-refractivity contribution in [2.24, 2.45) is 5.92 Å². The van der Waals surface area contributed by atoms with E-state index >= 15 is 0 Å². The molecule has 0 saturated heterocycles. The molecule has 0 radical (unpaired) electrons. The zero-order valence-electron chi connectivity index (χ0n) is 18.9. The van der Waals surface area contributed by atoms with Crippen LogP contribution in [-0.4, -0.2) is 37.3 Å². The molecule has 1 aliphatic heterocycles. The lowest BCUT2D eigenvalue weighted by atomic mass is 9.87. The molecule has 3 aliphatic rings. The first-order chi connectivity index (χ1) is 16.7. The van der Waals surface area contributed by atoms with Crippen LogP contribution in [0.2, 0.25) is 0 Å². The molecule has 9 heteroatoms. The average molecular weight is 493 g/mol. The van der Waals surface area contributed by atoms with Crippen LogP contribution in [0.1, 0.15) is 42.4 Å². The quantitative estimate of drug-likeness (QED) is 0.566. The van der Waals surface area contributed by atoms with E-state index in [1.54, 1.807) is 36.4 Å². The van der Waals surface area contributed by atoms with Crippen LogP contribution in [0.15, 0.2) is 53.4 Å². The Bertz CT molecular complexity index is 1400. The second-order valence-electron chi connectivity index (χ2n) is 9.33. The van der Waals surface area contributed by atoms with Crippen LogP contribution >= 0.6 is 0 Å². The normalized spacial score (nSPS) is 22.8. The first-order valence-corrected chi connectivity index (χ1v) is 13.0. The molecule has 0 bridgehead atoms. The molecule has 2 fully saturated rings. The van der Waals surface area contributed by atoms with E-state index < -0.39 is 21.2 Å². The van der Waals surface area contributed by atoms with Gasteiger partial charge >= 0.3 is 5.97 Å². The second kappa shape index (κ2) is 8.54. The molecule has 1 heterocycles. The standard InChI is InChI=1S/C26H24N2O6S/c27-15-16-4-5-17(2-1-3-24(29)30)22(12-16)28-25(31)21-14-26(21)10-11-34-23-9-8-19(13-20(23)26)35(32,33)18-6-7-18/h1,3-5,8-9,12-13,18,21H,2,6-7,10-11,14H2,(H,28,31)(H,29,30)/t21-,26-/m0/s1. The molecule has 2 aliphatic carbocycles. The predicted octanol–water partition coefficient (Wildman–Crippen LogP) is 3.36. The third kappa shape index (κ3) is 4.30. The predicted molar refractivity (Wildman–Crippen MR) is 127 cm³/mol. The summed E-state index contributed by atoms with van der Waals surface area (Å²) in [4.78, 5) is 24.4. The van der Waals surface area contributed by atoms with Crippen molar-refractivity contribution in [2.75, 3.05) is 11.9 Å². The fraction of sp³-hybridized carbons (Fsp3) is 0.346. The lowest BCUT2D eigenvalue weighted by Crippen LogP contribution is -2.27. The maximum absolute atomic E-state index is 13.3. The number of carboxylic acids is 1. The molecule has 0 aromatic heterocycles. The van der Waals surface area contributed by atoms with Crippen LogP contribution in [0.5, 0.6) is 5.75 Å². The van der Waals surface area contributed by atoms with Gasteiger partial charge in [0.15, 0.2) is 9.84 Å². The number of nitrogens with one attached hydrogen (secondary N) is 1. The third-order valence-corrected chi connectivity index (χ3v) is 9.33. The number of benzene rings is 2. The maximum atomic E-state index is 13.3. The van der Waals surface area contributed by atoms with Gasteiger partial charge in [0.1, 0.15) is 5.75 Å². The van der Waals surface area contributed by atoms with Gasteiger partial charge in [-0.3, -0.25) is 4.79 Å². The number of aliphatic carboxylic acids is 1. The van der Waals surface area contributed by atoms with Gasteiger partial charge in [0.2, 0.25) is 5.91 Å². The Balaban J connectivity index is 1.41. The molecule has 1 spiro atoms. The summed E-state index contributed by atoms with van der Waals surface area (Å²) in [5.41, 5.74) is 1.81. The highest BCUT2D eigenvalue weighted by Crippen LogP contribution is 2.61. The number of nitrogens with zero attached hydrogens (tertiary/aromatic N) is 1. The smallest absolute Gasteiger partial charge is 0.327 e. The fourth-order valence-corrected chi connectivity index (χ4v) is 6.60. The van der Waals surface area contributed by atoms with Crippen LogP contribution in [0, 0.1) is 17.2 Å². The number of fused-ring (bicyclic) bond motifs is 2. The molecule has 2 aromatic rings.